The summed E-state index contributed by atoms with van der Waals surface area (Å²) in [6.07, 6.45) is 48.9. The van der Waals surface area contributed by atoms with E-state index in [1.807, 2.05) is 12.2 Å². The van der Waals surface area contributed by atoms with Crippen molar-refractivity contribution in [2.75, 3.05) is 13.2 Å². The van der Waals surface area contributed by atoms with E-state index in [-0.39, 0.29) is 13.2 Å². The first-order valence-corrected chi connectivity index (χ1v) is 19.5. The first-order valence-electron chi connectivity index (χ1n) is 19.5. The number of rotatable bonds is 36. The molecule has 0 bridgehead atoms. The molecule has 0 saturated carbocycles. The molecule has 2 unspecified atom stereocenters. The number of aliphatic hydroxyl groups is 2. The van der Waals surface area contributed by atoms with Crippen LogP contribution in [0.1, 0.15) is 206 Å². The van der Waals surface area contributed by atoms with Crippen molar-refractivity contribution in [3.05, 3.63) is 24.3 Å². The smallest absolute Gasteiger partial charge is 0.0612 e. The Kier molecular flexibility index (Phi) is 37.0. The first-order chi connectivity index (χ1) is 21.3. The van der Waals surface area contributed by atoms with Gasteiger partial charge < -0.3 is 14.9 Å². The van der Waals surface area contributed by atoms with Crippen LogP contribution in [0, 0.1) is 0 Å². The molecular weight excluding hydrogens is 528 g/mol. The molecule has 0 fully saturated rings. The SMILES string of the molecule is CCCC(CCCCCCCCCCCCCC=CCO)OC(CCC)CCCCCCCCCCCCCC=CCO. The van der Waals surface area contributed by atoms with Gasteiger partial charge in [0, 0.05) is 0 Å². The maximum Gasteiger partial charge on any atom is 0.0612 e. The van der Waals surface area contributed by atoms with Crippen molar-refractivity contribution in [2.45, 2.75) is 219 Å². The summed E-state index contributed by atoms with van der Waals surface area (Å²) in [5.41, 5.74) is 0. The Hall–Kier alpha value is -0.640. The third-order valence-electron chi connectivity index (χ3n) is 8.94. The van der Waals surface area contributed by atoms with Crippen LogP contribution in [-0.4, -0.2) is 35.6 Å². The zero-order chi connectivity index (χ0) is 31.3. The van der Waals surface area contributed by atoms with E-state index in [2.05, 4.69) is 26.0 Å². The van der Waals surface area contributed by atoms with E-state index in [1.54, 1.807) is 0 Å². The number of aliphatic hydroxyl groups excluding tert-OH is 2. The summed E-state index contributed by atoms with van der Waals surface area (Å²) in [6.45, 7) is 5.00. The predicted molar refractivity (Wildman–Crippen MR) is 191 cm³/mol. The summed E-state index contributed by atoms with van der Waals surface area (Å²) < 4.78 is 6.74. The maximum atomic E-state index is 8.75. The lowest BCUT2D eigenvalue weighted by atomic mass is 10.0. The third kappa shape index (κ3) is 34.1. The molecule has 0 heterocycles. The van der Waals surface area contributed by atoms with E-state index in [4.69, 9.17) is 14.9 Å². The van der Waals surface area contributed by atoms with Gasteiger partial charge in [0.1, 0.15) is 0 Å². The largest absolute Gasteiger partial charge is 0.392 e. The maximum absolute atomic E-state index is 8.75. The molecule has 2 N–H and O–H groups in total. The van der Waals surface area contributed by atoms with Crippen molar-refractivity contribution in [3.63, 3.8) is 0 Å². The Bertz CT molecular complexity index is 510. The van der Waals surface area contributed by atoms with E-state index in [1.165, 1.54) is 180 Å². The van der Waals surface area contributed by atoms with Crippen LogP contribution in [0.25, 0.3) is 0 Å². The fourth-order valence-corrected chi connectivity index (χ4v) is 6.31. The number of ether oxygens (including phenoxy) is 1. The highest BCUT2D eigenvalue weighted by Crippen LogP contribution is 2.21. The fraction of sp³-hybridized carbons (Fsp3) is 0.900. The van der Waals surface area contributed by atoms with E-state index < -0.39 is 0 Å². The number of allylic oxidation sites excluding steroid dienone is 2. The van der Waals surface area contributed by atoms with Crippen LogP contribution < -0.4 is 0 Å². The van der Waals surface area contributed by atoms with Crippen molar-refractivity contribution < 1.29 is 14.9 Å². The van der Waals surface area contributed by atoms with Crippen LogP contribution >= 0.6 is 0 Å². The molecule has 0 aliphatic rings. The summed E-state index contributed by atoms with van der Waals surface area (Å²) in [5.74, 6) is 0. The topological polar surface area (TPSA) is 49.7 Å². The third-order valence-corrected chi connectivity index (χ3v) is 8.94. The van der Waals surface area contributed by atoms with Crippen molar-refractivity contribution in [1.82, 2.24) is 0 Å². The average Bonchev–Trinajstić information content (AvgIpc) is 3.01. The second-order valence-corrected chi connectivity index (χ2v) is 13.2. The lowest BCUT2D eigenvalue weighted by Crippen LogP contribution is -2.22. The van der Waals surface area contributed by atoms with E-state index in [0.717, 1.165) is 12.8 Å². The van der Waals surface area contributed by atoms with Crippen LogP contribution in [0.15, 0.2) is 24.3 Å². The zero-order valence-corrected chi connectivity index (χ0v) is 29.4. The number of hydrogen-bond acceptors (Lipinski definition) is 3. The Morgan fingerprint density at radius 2 is 0.651 bits per heavy atom. The molecule has 0 aliphatic carbocycles. The lowest BCUT2D eigenvalue weighted by Gasteiger charge is -2.25. The summed E-state index contributed by atoms with van der Waals surface area (Å²) >= 11 is 0. The van der Waals surface area contributed by atoms with Gasteiger partial charge in [-0.15, -0.1) is 0 Å². The van der Waals surface area contributed by atoms with Crippen molar-refractivity contribution in [2.24, 2.45) is 0 Å². The Morgan fingerprint density at radius 1 is 0.372 bits per heavy atom. The number of unbranched alkanes of at least 4 members (excludes halogenated alkanes) is 22. The van der Waals surface area contributed by atoms with Gasteiger partial charge in [-0.2, -0.15) is 0 Å². The summed E-state index contributed by atoms with van der Waals surface area (Å²) in [4.78, 5) is 0. The average molecular weight is 607 g/mol. The van der Waals surface area contributed by atoms with Crippen molar-refractivity contribution in [3.8, 4) is 0 Å². The highest BCUT2D eigenvalue weighted by atomic mass is 16.5. The van der Waals surface area contributed by atoms with Gasteiger partial charge in [0.15, 0.2) is 0 Å². The van der Waals surface area contributed by atoms with Gasteiger partial charge >= 0.3 is 0 Å². The minimum Gasteiger partial charge on any atom is -0.392 e. The monoisotopic (exact) mass is 607 g/mol. The molecule has 0 saturated heterocycles. The molecule has 0 radical (unpaired) electrons. The van der Waals surface area contributed by atoms with Gasteiger partial charge in [-0.3, -0.25) is 0 Å². The molecule has 0 rings (SSSR count). The minimum atomic E-state index is 0.183. The van der Waals surface area contributed by atoms with E-state index in [0.29, 0.717) is 12.2 Å². The van der Waals surface area contributed by atoms with Crippen molar-refractivity contribution in [1.29, 1.82) is 0 Å². The zero-order valence-electron chi connectivity index (χ0n) is 29.4. The van der Waals surface area contributed by atoms with Crippen LogP contribution in [-0.2, 0) is 4.74 Å². The van der Waals surface area contributed by atoms with Gasteiger partial charge in [-0.1, -0.05) is 179 Å². The molecule has 2 atom stereocenters. The molecule has 0 aromatic heterocycles. The molecular formula is C40H78O3. The minimum absolute atomic E-state index is 0.183. The molecule has 256 valence electrons. The van der Waals surface area contributed by atoms with Gasteiger partial charge in [0.05, 0.1) is 25.4 Å². The van der Waals surface area contributed by atoms with Crippen LogP contribution in [0.2, 0.25) is 0 Å². The standard InChI is InChI=1S/C40H78O3/c1-3-33-39(35-29-25-21-17-13-9-5-7-11-15-19-23-27-31-37-41)43-40(34-4-2)36-30-26-22-18-14-10-6-8-12-16-20-24-28-32-38-42/h27-28,31-32,39-42H,3-26,29-30,33-38H2,1-2H3. The second kappa shape index (κ2) is 37.5. The molecule has 3 heteroatoms. The predicted octanol–water partition coefficient (Wildman–Crippen LogP) is 12.6. The highest BCUT2D eigenvalue weighted by Gasteiger charge is 2.15. The molecule has 0 aromatic rings. The highest BCUT2D eigenvalue weighted by molar-refractivity contribution is 4.80. The van der Waals surface area contributed by atoms with Gasteiger partial charge in [0.2, 0.25) is 0 Å². The van der Waals surface area contributed by atoms with Crippen LogP contribution in [0.3, 0.4) is 0 Å². The molecule has 0 aliphatic heterocycles. The van der Waals surface area contributed by atoms with Gasteiger partial charge in [-0.05, 0) is 51.4 Å². The van der Waals surface area contributed by atoms with Gasteiger partial charge in [-0.25, -0.2) is 0 Å². The Labute approximate surface area is 270 Å². The lowest BCUT2D eigenvalue weighted by molar-refractivity contribution is -0.0308. The fourth-order valence-electron chi connectivity index (χ4n) is 6.31. The summed E-state index contributed by atoms with van der Waals surface area (Å²) in [7, 11) is 0. The van der Waals surface area contributed by atoms with Crippen molar-refractivity contribution >= 4 is 0 Å². The number of hydrogen-bond donors (Lipinski definition) is 2. The van der Waals surface area contributed by atoms with Crippen LogP contribution in [0.4, 0.5) is 0 Å². The molecule has 0 aromatic carbocycles. The molecule has 0 amide bonds. The Morgan fingerprint density at radius 3 is 0.930 bits per heavy atom. The Balaban J connectivity index is 3.74. The summed E-state index contributed by atoms with van der Waals surface area (Å²) in [6, 6.07) is 0. The normalized spacial score (nSPS) is 13.5. The molecule has 43 heavy (non-hydrogen) atoms. The van der Waals surface area contributed by atoms with Crippen LogP contribution in [0.5, 0.6) is 0 Å². The van der Waals surface area contributed by atoms with E-state index >= 15 is 0 Å². The van der Waals surface area contributed by atoms with Gasteiger partial charge in [0.25, 0.3) is 0 Å². The first kappa shape index (κ1) is 42.4. The second-order valence-electron chi connectivity index (χ2n) is 13.2. The quantitative estimate of drug-likeness (QED) is 0.0551. The molecule has 0 spiro atoms. The summed E-state index contributed by atoms with van der Waals surface area (Å²) in [5, 5.41) is 17.5. The van der Waals surface area contributed by atoms with E-state index in [9.17, 15) is 0 Å². The molecule has 3 nitrogen and oxygen atoms in total.